The Hall–Kier alpha value is -2.52. The molecule has 2 N–H and O–H groups in total. The maximum atomic E-state index is 6.59. The zero-order valence-electron chi connectivity index (χ0n) is 17.1. The van der Waals surface area contributed by atoms with E-state index >= 15 is 0 Å². The summed E-state index contributed by atoms with van der Waals surface area (Å²) >= 11 is 6.59. The van der Waals surface area contributed by atoms with E-state index in [0.717, 1.165) is 44.4 Å². The van der Waals surface area contributed by atoms with Crippen molar-refractivity contribution in [1.82, 2.24) is 29.5 Å². The largest absolute Gasteiger partial charge is 0.382 e. The second-order valence-corrected chi connectivity index (χ2v) is 8.29. The number of fused-ring (bicyclic) bond motifs is 3. The van der Waals surface area contributed by atoms with Gasteiger partial charge in [-0.2, -0.15) is 4.98 Å². The van der Waals surface area contributed by atoms with Crippen LogP contribution in [0, 0.1) is 0 Å². The standard InChI is InChI=1S/C20H25ClN8O/c1-3-11(4-2)29-18-17(25-19(29)21)16(14-7-24-15(22)8-23-14)26-20(27-18)28-9-12-5-6-13(10-28)30-12/h7-8,11-13H,3-6,9-10H2,1-2H3,(H2,22,24). The lowest BCUT2D eigenvalue weighted by Crippen LogP contribution is -2.43. The number of ether oxygens (including phenoxy) is 1. The Labute approximate surface area is 179 Å². The Bertz CT molecular complexity index is 1050. The van der Waals surface area contributed by atoms with Gasteiger partial charge in [-0.05, 0) is 37.3 Å². The van der Waals surface area contributed by atoms with E-state index in [1.54, 1.807) is 6.20 Å². The van der Waals surface area contributed by atoms with Crippen LogP contribution in [0.1, 0.15) is 45.6 Å². The van der Waals surface area contributed by atoms with Gasteiger partial charge < -0.3 is 15.4 Å². The van der Waals surface area contributed by atoms with Crippen LogP contribution in [0.25, 0.3) is 22.6 Å². The van der Waals surface area contributed by atoms with Crippen molar-refractivity contribution < 1.29 is 4.74 Å². The number of nitrogen functional groups attached to an aromatic ring is 1. The molecule has 10 heteroatoms. The molecule has 0 aliphatic carbocycles. The summed E-state index contributed by atoms with van der Waals surface area (Å²) in [4.78, 5) is 25.3. The maximum Gasteiger partial charge on any atom is 0.228 e. The molecule has 2 aliphatic rings. The van der Waals surface area contributed by atoms with Crippen LogP contribution >= 0.6 is 11.6 Å². The van der Waals surface area contributed by atoms with Crippen LogP contribution in [0.3, 0.4) is 0 Å². The predicted octanol–water partition coefficient (Wildman–Crippen LogP) is 3.25. The zero-order valence-corrected chi connectivity index (χ0v) is 17.9. The van der Waals surface area contributed by atoms with Crippen molar-refractivity contribution in [2.45, 2.75) is 57.8 Å². The van der Waals surface area contributed by atoms with Gasteiger partial charge in [0.2, 0.25) is 11.2 Å². The molecule has 0 aromatic carbocycles. The Balaban J connectivity index is 1.70. The number of halogens is 1. The van der Waals surface area contributed by atoms with Crippen LogP contribution in [0.15, 0.2) is 12.4 Å². The van der Waals surface area contributed by atoms with Crippen LogP contribution < -0.4 is 10.6 Å². The van der Waals surface area contributed by atoms with Crippen molar-refractivity contribution in [1.29, 1.82) is 0 Å². The highest BCUT2D eigenvalue weighted by Gasteiger charge is 2.35. The molecule has 3 aromatic rings. The molecule has 2 fully saturated rings. The number of nitrogens with two attached hydrogens (primary N) is 1. The van der Waals surface area contributed by atoms with E-state index in [1.165, 1.54) is 6.20 Å². The first-order chi connectivity index (χ1) is 14.6. The highest BCUT2D eigenvalue weighted by atomic mass is 35.5. The molecule has 3 aromatic heterocycles. The quantitative estimate of drug-likeness (QED) is 0.617. The number of hydrogen-bond donors (Lipinski definition) is 1. The third-order valence-electron chi connectivity index (χ3n) is 6.03. The number of rotatable bonds is 5. The van der Waals surface area contributed by atoms with Crippen LogP contribution in [0.4, 0.5) is 11.8 Å². The highest BCUT2D eigenvalue weighted by Crippen LogP contribution is 2.34. The van der Waals surface area contributed by atoms with Crippen LogP contribution in [-0.4, -0.2) is 54.8 Å². The monoisotopic (exact) mass is 428 g/mol. The van der Waals surface area contributed by atoms with Gasteiger partial charge in [0.1, 0.15) is 22.7 Å². The van der Waals surface area contributed by atoms with Gasteiger partial charge in [0.05, 0.1) is 24.6 Å². The van der Waals surface area contributed by atoms with Gasteiger partial charge in [-0.25, -0.2) is 19.9 Å². The second-order valence-electron chi connectivity index (χ2n) is 7.95. The molecule has 30 heavy (non-hydrogen) atoms. The van der Waals surface area contributed by atoms with E-state index in [2.05, 4.69) is 33.7 Å². The Morgan fingerprint density at radius 3 is 2.47 bits per heavy atom. The van der Waals surface area contributed by atoms with E-state index < -0.39 is 0 Å². The van der Waals surface area contributed by atoms with Crippen molar-refractivity contribution in [2.24, 2.45) is 0 Å². The third-order valence-corrected chi connectivity index (χ3v) is 6.30. The fourth-order valence-electron chi connectivity index (χ4n) is 4.47. The number of morpholine rings is 1. The molecule has 9 nitrogen and oxygen atoms in total. The number of imidazole rings is 1. The summed E-state index contributed by atoms with van der Waals surface area (Å²) in [5.41, 5.74) is 8.31. The molecule has 0 amide bonds. The lowest BCUT2D eigenvalue weighted by atomic mass is 10.1. The third kappa shape index (κ3) is 3.26. The number of anilines is 2. The molecular weight excluding hydrogens is 404 g/mol. The number of aromatic nitrogens is 6. The van der Waals surface area contributed by atoms with Crippen molar-refractivity contribution in [3.63, 3.8) is 0 Å². The fraction of sp³-hybridized carbons (Fsp3) is 0.550. The Morgan fingerprint density at radius 2 is 1.83 bits per heavy atom. The zero-order chi connectivity index (χ0) is 20.8. The van der Waals surface area contributed by atoms with Gasteiger partial charge in [-0.15, -0.1) is 0 Å². The summed E-state index contributed by atoms with van der Waals surface area (Å²) < 4.78 is 8.01. The van der Waals surface area contributed by atoms with Crippen LogP contribution in [0.5, 0.6) is 0 Å². The minimum absolute atomic E-state index is 0.205. The van der Waals surface area contributed by atoms with E-state index in [9.17, 15) is 0 Å². The SMILES string of the molecule is CCC(CC)n1c(Cl)nc2c(-c3cnc(N)cn3)nc(N3CC4CCC(C3)O4)nc21. The molecule has 0 spiro atoms. The molecule has 5 heterocycles. The lowest BCUT2D eigenvalue weighted by molar-refractivity contribution is 0.0299. The topological polar surface area (TPSA) is 108 Å². The van der Waals surface area contributed by atoms with Crippen LogP contribution in [-0.2, 0) is 4.74 Å². The minimum atomic E-state index is 0.205. The Morgan fingerprint density at radius 1 is 1.10 bits per heavy atom. The Kier molecular flexibility index (Phi) is 4.94. The molecule has 2 saturated heterocycles. The molecule has 2 unspecified atom stereocenters. The van der Waals surface area contributed by atoms with Crippen molar-refractivity contribution >= 4 is 34.5 Å². The van der Waals surface area contributed by atoms with Crippen molar-refractivity contribution in [3.8, 4) is 11.4 Å². The van der Waals surface area contributed by atoms with Gasteiger partial charge in [-0.1, -0.05) is 13.8 Å². The molecule has 5 rings (SSSR count). The molecule has 0 saturated carbocycles. The van der Waals surface area contributed by atoms with Crippen molar-refractivity contribution in [3.05, 3.63) is 17.7 Å². The van der Waals surface area contributed by atoms with Gasteiger partial charge in [-0.3, -0.25) is 4.57 Å². The summed E-state index contributed by atoms with van der Waals surface area (Å²) in [5, 5.41) is 0.414. The molecular formula is C20H25ClN8O. The van der Waals surface area contributed by atoms with E-state index in [-0.39, 0.29) is 18.2 Å². The summed E-state index contributed by atoms with van der Waals surface area (Å²) in [6, 6.07) is 0.205. The van der Waals surface area contributed by atoms with Crippen molar-refractivity contribution in [2.75, 3.05) is 23.7 Å². The summed E-state index contributed by atoms with van der Waals surface area (Å²) in [5.74, 6) is 1.01. The summed E-state index contributed by atoms with van der Waals surface area (Å²) in [6.45, 7) is 5.85. The average molecular weight is 429 g/mol. The number of hydrogen-bond acceptors (Lipinski definition) is 8. The summed E-state index contributed by atoms with van der Waals surface area (Å²) in [6.07, 6.45) is 7.63. The molecule has 158 valence electrons. The normalized spacial score (nSPS) is 21.1. The first-order valence-electron chi connectivity index (χ1n) is 10.5. The average Bonchev–Trinajstić information content (AvgIpc) is 3.27. The van der Waals surface area contributed by atoms with Crippen LogP contribution in [0.2, 0.25) is 5.28 Å². The molecule has 2 aliphatic heterocycles. The minimum Gasteiger partial charge on any atom is -0.382 e. The van der Waals surface area contributed by atoms with Gasteiger partial charge >= 0.3 is 0 Å². The molecule has 2 atom stereocenters. The van der Waals surface area contributed by atoms with Gasteiger partial charge in [0.25, 0.3) is 0 Å². The van der Waals surface area contributed by atoms with E-state index in [1.807, 2.05) is 4.57 Å². The van der Waals surface area contributed by atoms with E-state index in [4.69, 9.17) is 32.0 Å². The second kappa shape index (κ2) is 7.63. The predicted molar refractivity (Wildman–Crippen MR) is 115 cm³/mol. The maximum absolute atomic E-state index is 6.59. The van der Waals surface area contributed by atoms with E-state index in [0.29, 0.717) is 34.0 Å². The molecule has 2 bridgehead atoms. The summed E-state index contributed by atoms with van der Waals surface area (Å²) in [7, 11) is 0. The first-order valence-corrected chi connectivity index (χ1v) is 10.9. The first kappa shape index (κ1) is 19.4. The number of nitrogens with zero attached hydrogens (tertiary/aromatic N) is 7. The lowest BCUT2D eigenvalue weighted by Gasteiger charge is -2.32. The van der Waals surface area contributed by atoms with Gasteiger partial charge in [0.15, 0.2) is 5.65 Å². The molecule has 0 radical (unpaired) electrons. The van der Waals surface area contributed by atoms with Gasteiger partial charge in [0, 0.05) is 19.1 Å². The fourth-order valence-corrected chi connectivity index (χ4v) is 4.77. The smallest absolute Gasteiger partial charge is 0.228 e. The highest BCUT2D eigenvalue weighted by molar-refractivity contribution is 6.29.